The van der Waals surface area contributed by atoms with E-state index >= 15 is 0 Å². The molecule has 18 heavy (non-hydrogen) atoms. The molecule has 1 fully saturated rings. The van der Waals surface area contributed by atoms with Crippen molar-refractivity contribution < 1.29 is 9.13 Å². The van der Waals surface area contributed by atoms with Crippen molar-refractivity contribution in [2.24, 2.45) is 5.92 Å². The number of hydrogen-bond acceptors (Lipinski definition) is 2. The van der Waals surface area contributed by atoms with E-state index in [0.29, 0.717) is 17.5 Å². The number of rotatable bonds is 4. The maximum absolute atomic E-state index is 13.9. The van der Waals surface area contributed by atoms with Crippen molar-refractivity contribution in [3.63, 3.8) is 0 Å². The van der Waals surface area contributed by atoms with E-state index in [0.717, 1.165) is 38.2 Å². The van der Waals surface area contributed by atoms with Crippen molar-refractivity contribution >= 4 is 17.3 Å². The van der Waals surface area contributed by atoms with Gasteiger partial charge < -0.3 is 9.64 Å². The van der Waals surface area contributed by atoms with Gasteiger partial charge in [0.2, 0.25) is 0 Å². The lowest BCUT2D eigenvalue weighted by molar-refractivity contribution is 0.0685. The molecule has 2 rings (SSSR count). The van der Waals surface area contributed by atoms with Gasteiger partial charge in [-0.2, -0.15) is 0 Å². The molecule has 0 bridgehead atoms. The SMILES string of the molecule is CN(CC1CCOCC1)c1ccc(CCl)cc1F. The average molecular weight is 272 g/mol. The molecule has 1 saturated heterocycles. The summed E-state index contributed by atoms with van der Waals surface area (Å²) in [7, 11) is 1.94. The van der Waals surface area contributed by atoms with Gasteiger partial charge in [-0.25, -0.2) is 4.39 Å². The smallest absolute Gasteiger partial charge is 0.146 e. The summed E-state index contributed by atoms with van der Waals surface area (Å²) in [5, 5.41) is 0. The zero-order valence-corrected chi connectivity index (χ0v) is 11.4. The number of ether oxygens (including phenoxy) is 1. The molecule has 0 atom stereocenters. The van der Waals surface area contributed by atoms with Gasteiger partial charge in [-0.3, -0.25) is 0 Å². The van der Waals surface area contributed by atoms with Gasteiger partial charge in [0.25, 0.3) is 0 Å². The first-order chi connectivity index (χ1) is 8.70. The molecular formula is C14H19ClFNO. The van der Waals surface area contributed by atoms with Crippen LogP contribution in [0.1, 0.15) is 18.4 Å². The number of alkyl halides is 1. The second-order valence-electron chi connectivity index (χ2n) is 4.86. The van der Waals surface area contributed by atoms with Crippen LogP contribution in [0.4, 0.5) is 10.1 Å². The van der Waals surface area contributed by atoms with Crippen LogP contribution in [0, 0.1) is 11.7 Å². The molecule has 0 N–H and O–H groups in total. The standard InChI is InChI=1S/C14H19ClFNO/c1-17(10-11-4-6-18-7-5-11)14-3-2-12(9-15)8-13(14)16/h2-3,8,11H,4-7,9-10H2,1H3. The fourth-order valence-corrected chi connectivity index (χ4v) is 2.52. The third-order valence-electron chi connectivity index (χ3n) is 3.45. The van der Waals surface area contributed by atoms with E-state index in [2.05, 4.69) is 0 Å². The molecule has 0 unspecified atom stereocenters. The van der Waals surface area contributed by atoms with E-state index in [9.17, 15) is 4.39 Å². The van der Waals surface area contributed by atoms with Gasteiger partial charge in [0, 0.05) is 32.7 Å². The lowest BCUT2D eigenvalue weighted by Crippen LogP contribution is -2.30. The van der Waals surface area contributed by atoms with E-state index in [4.69, 9.17) is 16.3 Å². The largest absolute Gasteiger partial charge is 0.381 e. The summed E-state index contributed by atoms with van der Waals surface area (Å²) < 4.78 is 19.3. The van der Waals surface area contributed by atoms with Crippen molar-refractivity contribution in [1.29, 1.82) is 0 Å². The molecule has 4 heteroatoms. The minimum atomic E-state index is -0.192. The van der Waals surface area contributed by atoms with Crippen molar-refractivity contribution in [3.05, 3.63) is 29.6 Å². The first kappa shape index (κ1) is 13.6. The average Bonchev–Trinajstić information content (AvgIpc) is 2.39. The zero-order chi connectivity index (χ0) is 13.0. The molecular weight excluding hydrogens is 253 g/mol. The molecule has 0 radical (unpaired) electrons. The van der Waals surface area contributed by atoms with Crippen LogP contribution >= 0.6 is 11.6 Å². The molecule has 0 amide bonds. The van der Waals surface area contributed by atoms with Gasteiger partial charge in [-0.1, -0.05) is 6.07 Å². The van der Waals surface area contributed by atoms with Crippen molar-refractivity contribution in [2.45, 2.75) is 18.7 Å². The molecule has 0 aromatic heterocycles. The summed E-state index contributed by atoms with van der Waals surface area (Å²) in [6.45, 7) is 2.53. The quantitative estimate of drug-likeness (QED) is 0.778. The Balaban J connectivity index is 2.01. The maximum Gasteiger partial charge on any atom is 0.146 e. The lowest BCUT2D eigenvalue weighted by Gasteiger charge is -2.28. The lowest BCUT2D eigenvalue weighted by atomic mass is 9.99. The number of hydrogen-bond donors (Lipinski definition) is 0. The molecule has 0 aliphatic carbocycles. The topological polar surface area (TPSA) is 12.5 Å². The minimum Gasteiger partial charge on any atom is -0.381 e. The predicted octanol–water partition coefficient (Wildman–Crippen LogP) is 3.43. The normalized spacial score (nSPS) is 16.8. The van der Waals surface area contributed by atoms with Gasteiger partial charge in [0.15, 0.2) is 0 Å². The molecule has 1 aromatic rings. The monoisotopic (exact) mass is 271 g/mol. The van der Waals surface area contributed by atoms with E-state index in [1.54, 1.807) is 0 Å². The number of anilines is 1. The first-order valence-electron chi connectivity index (χ1n) is 6.34. The highest BCUT2D eigenvalue weighted by atomic mass is 35.5. The summed E-state index contributed by atoms with van der Waals surface area (Å²) in [6, 6.07) is 5.21. The Bertz CT molecular complexity index is 393. The predicted molar refractivity (Wildman–Crippen MR) is 72.8 cm³/mol. The van der Waals surface area contributed by atoms with Crippen LogP contribution in [0.5, 0.6) is 0 Å². The summed E-state index contributed by atoms with van der Waals surface area (Å²) in [6.07, 6.45) is 2.12. The van der Waals surface area contributed by atoms with Crippen LogP contribution in [0.25, 0.3) is 0 Å². The van der Waals surface area contributed by atoms with Crippen LogP contribution in [-0.4, -0.2) is 26.8 Å². The fraction of sp³-hybridized carbons (Fsp3) is 0.571. The van der Waals surface area contributed by atoms with E-state index < -0.39 is 0 Å². The molecule has 2 nitrogen and oxygen atoms in total. The summed E-state index contributed by atoms with van der Waals surface area (Å²) >= 11 is 5.69. The Hall–Kier alpha value is -0.800. The number of nitrogens with zero attached hydrogens (tertiary/aromatic N) is 1. The Morgan fingerprint density at radius 2 is 2.11 bits per heavy atom. The van der Waals surface area contributed by atoms with Crippen molar-refractivity contribution in [2.75, 3.05) is 31.7 Å². The fourth-order valence-electron chi connectivity index (χ4n) is 2.36. The second-order valence-corrected chi connectivity index (χ2v) is 5.12. The van der Waals surface area contributed by atoms with Gasteiger partial charge in [-0.05, 0) is 36.5 Å². The molecule has 1 aromatic carbocycles. The van der Waals surface area contributed by atoms with Crippen LogP contribution in [0.2, 0.25) is 0 Å². The second kappa shape index (κ2) is 6.39. The van der Waals surface area contributed by atoms with Crippen LogP contribution in [0.15, 0.2) is 18.2 Å². The van der Waals surface area contributed by atoms with E-state index in [1.807, 2.05) is 24.1 Å². The molecule has 1 aliphatic heterocycles. The van der Waals surface area contributed by atoms with Gasteiger partial charge >= 0.3 is 0 Å². The van der Waals surface area contributed by atoms with Crippen LogP contribution in [-0.2, 0) is 10.6 Å². The number of benzene rings is 1. The molecule has 100 valence electrons. The molecule has 0 spiro atoms. The summed E-state index contributed by atoms with van der Waals surface area (Å²) in [5.41, 5.74) is 1.47. The Labute approximate surface area is 113 Å². The Morgan fingerprint density at radius 1 is 1.39 bits per heavy atom. The summed E-state index contributed by atoms with van der Waals surface area (Å²) in [4.78, 5) is 1.99. The molecule has 1 heterocycles. The van der Waals surface area contributed by atoms with Gasteiger partial charge in [-0.15, -0.1) is 11.6 Å². The van der Waals surface area contributed by atoms with Crippen molar-refractivity contribution in [1.82, 2.24) is 0 Å². The third kappa shape index (κ3) is 3.36. The van der Waals surface area contributed by atoms with Gasteiger partial charge in [0.05, 0.1) is 5.69 Å². The van der Waals surface area contributed by atoms with Crippen molar-refractivity contribution in [3.8, 4) is 0 Å². The zero-order valence-electron chi connectivity index (χ0n) is 10.7. The van der Waals surface area contributed by atoms with E-state index in [1.165, 1.54) is 6.07 Å². The first-order valence-corrected chi connectivity index (χ1v) is 6.87. The third-order valence-corrected chi connectivity index (χ3v) is 3.76. The van der Waals surface area contributed by atoms with Gasteiger partial charge in [0.1, 0.15) is 5.82 Å². The Kier molecular flexibility index (Phi) is 4.84. The highest BCUT2D eigenvalue weighted by molar-refractivity contribution is 6.17. The number of halogens is 2. The molecule has 0 saturated carbocycles. The van der Waals surface area contributed by atoms with Crippen LogP contribution in [0.3, 0.4) is 0 Å². The maximum atomic E-state index is 13.9. The van der Waals surface area contributed by atoms with E-state index in [-0.39, 0.29) is 5.82 Å². The van der Waals surface area contributed by atoms with Crippen LogP contribution < -0.4 is 4.90 Å². The highest BCUT2D eigenvalue weighted by Gasteiger charge is 2.17. The minimum absolute atomic E-state index is 0.192. The highest BCUT2D eigenvalue weighted by Crippen LogP contribution is 2.23. The molecule has 1 aliphatic rings. The summed E-state index contributed by atoms with van der Waals surface area (Å²) in [5.74, 6) is 0.750. The Morgan fingerprint density at radius 3 is 2.72 bits per heavy atom.